The number of benzene rings is 1. The highest BCUT2D eigenvalue weighted by Crippen LogP contribution is 2.26. The Kier molecular flexibility index (Phi) is 9.38. The summed E-state index contributed by atoms with van der Waals surface area (Å²) in [5.41, 5.74) is 0.413. The predicted octanol–water partition coefficient (Wildman–Crippen LogP) is 4.73. The van der Waals surface area contributed by atoms with E-state index in [1.807, 2.05) is 30.3 Å². The van der Waals surface area contributed by atoms with E-state index < -0.39 is 34.1 Å². The van der Waals surface area contributed by atoms with Crippen molar-refractivity contribution in [3.63, 3.8) is 0 Å². The van der Waals surface area contributed by atoms with Gasteiger partial charge in [0, 0.05) is 11.5 Å². The van der Waals surface area contributed by atoms with Crippen molar-refractivity contribution in [3.05, 3.63) is 35.9 Å². The lowest BCUT2D eigenvalue weighted by Gasteiger charge is -2.23. The highest BCUT2D eigenvalue weighted by atomic mass is 35.6. The summed E-state index contributed by atoms with van der Waals surface area (Å²) in [5, 5.41) is 2.51. The summed E-state index contributed by atoms with van der Waals surface area (Å²) in [6.07, 6.45) is -0.714. The Hall–Kier alpha value is -0.820. The number of carbonyl (C=O) groups is 2. The Labute approximate surface area is 173 Å². The van der Waals surface area contributed by atoms with Gasteiger partial charge in [0.15, 0.2) is 0 Å². The molecule has 0 aliphatic carbocycles. The molecule has 0 unspecified atom stereocenters. The molecule has 1 aromatic carbocycles. The van der Waals surface area contributed by atoms with Crippen LogP contribution in [0.1, 0.15) is 26.3 Å². The molecule has 0 saturated carbocycles. The van der Waals surface area contributed by atoms with E-state index in [1.54, 1.807) is 20.8 Å². The highest BCUT2D eigenvalue weighted by molar-refractivity contribution is 7.98. The third-order valence-electron chi connectivity index (χ3n) is 2.75. The smallest absolute Gasteiger partial charge is 0.408 e. The third kappa shape index (κ3) is 11.0. The fourth-order valence-corrected chi connectivity index (χ4v) is 2.91. The van der Waals surface area contributed by atoms with Gasteiger partial charge in [0.2, 0.25) is 3.79 Å². The van der Waals surface area contributed by atoms with Crippen LogP contribution in [0.5, 0.6) is 0 Å². The van der Waals surface area contributed by atoms with Gasteiger partial charge in [0.25, 0.3) is 0 Å². The number of amides is 1. The molecule has 0 aromatic heterocycles. The molecule has 26 heavy (non-hydrogen) atoms. The van der Waals surface area contributed by atoms with Gasteiger partial charge in [0.1, 0.15) is 18.2 Å². The molecule has 5 nitrogen and oxygen atoms in total. The van der Waals surface area contributed by atoms with E-state index in [4.69, 9.17) is 44.3 Å². The van der Waals surface area contributed by atoms with Crippen molar-refractivity contribution in [3.8, 4) is 0 Å². The summed E-state index contributed by atoms with van der Waals surface area (Å²) < 4.78 is 8.45. The molecule has 0 aliphatic rings. The van der Waals surface area contributed by atoms with Crippen LogP contribution in [0.2, 0.25) is 0 Å². The lowest BCUT2D eigenvalue weighted by Crippen LogP contribution is -2.46. The molecule has 0 saturated heterocycles. The number of thioether (sulfide) groups is 1. The number of halogens is 3. The maximum absolute atomic E-state index is 12.3. The molecule has 0 aliphatic heterocycles. The van der Waals surface area contributed by atoms with Crippen molar-refractivity contribution < 1.29 is 19.1 Å². The van der Waals surface area contributed by atoms with Crippen molar-refractivity contribution in [2.24, 2.45) is 0 Å². The molecule has 1 aromatic rings. The molecule has 0 fully saturated rings. The average molecular weight is 443 g/mol. The van der Waals surface area contributed by atoms with Crippen LogP contribution in [0.3, 0.4) is 0 Å². The van der Waals surface area contributed by atoms with Gasteiger partial charge < -0.3 is 14.8 Å². The predicted molar refractivity (Wildman–Crippen MR) is 107 cm³/mol. The number of ether oxygens (including phenoxy) is 2. The molecule has 0 bridgehead atoms. The van der Waals surface area contributed by atoms with E-state index in [2.05, 4.69) is 5.32 Å². The van der Waals surface area contributed by atoms with Crippen molar-refractivity contribution in [1.82, 2.24) is 5.32 Å². The first-order valence-corrected chi connectivity index (χ1v) is 10.1. The van der Waals surface area contributed by atoms with Crippen LogP contribution < -0.4 is 5.32 Å². The van der Waals surface area contributed by atoms with Gasteiger partial charge in [-0.25, -0.2) is 9.59 Å². The fraction of sp³-hybridized carbons (Fsp3) is 0.529. The second kappa shape index (κ2) is 10.5. The van der Waals surface area contributed by atoms with Crippen molar-refractivity contribution in [2.45, 2.75) is 42.0 Å². The van der Waals surface area contributed by atoms with Crippen LogP contribution in [0.15, 0.2) is 30.3 Å². The zero-order valence-electron chi connectivity index (χ0n) is 14.8. The Bertz CT molecular complexity index is 588. The number of hydrogen-bond acceptors (Lipinski definition) is 5. The number of alkyl carbamates (subject to hydrolysis) is 1. The van der Waals surface area contributed by atoms with Crippen molar-refractivity contribution in [2.75, 3.05) is 12.4 Å². The number of rotatable bonds is 7. The first-order chi connectivity index (χ1) is 12.0. The van der Waals surface area contributed by atoms with Gasteiger partial charge in [-0.05, 0) is 26.3 Å². The quantitative estimate of drug-likeness (QED) is 0.488. The van der Waals surface area contributed by atoms with Crippen LogP contribution >= 0.6 is 46.6 Å². The molecule has 0 heterocycles. The fourth-order valence-electron chi connectivity index (χ4n) is 1.74. The molecule has 146 valence electrons. The monoisotopic (exact) mass is 441 g/mol. The minimum Gasteiger partial charge on any atom is -0.460 e. The van der Waals surface area contributed by atoms with Crippen molar-refractivity contribution >= 4 is 58.6 Å². The first kappa shape index (κ1) is 23.2. The van der Waals surface area contributed by atoms with E-state index in [9.17, 15) is 9.59 Å². The SMILES string of the molecule is CC(C)(C)OC(=O)N[C@@H](CSCc1ccccc1)C(=O)OCC(Cl)(Cl)Cl. The van der Waals surface area contributed by atoms with E-state index in [-0.39, 0.29) is 5.75 Å². The molecule has 9 heteroatoms. The van der Waals surface area contributed by atoms with Gasteiger partial charge in [-0.15, -0.1) is 0 Å². The third-order valence-corrected chi connectivity index (χ3v) is 4.18. The number of hydrogen-bond donors (Lipinski definition) is 1. The summed E-state index contributed by atoms with van der Waals surface area (Å²) >= 11 is 18.3. The maximum Gasteiger partial charge on any atom is 0.408 e. The zero-order chi connectivity index (χ0) is 19.8. The normalized spacial score (nSPS) is 13.0. The summed E-state index contributed by atoms with van der Waals surface area (Å²) in [6.45, 7) is 4.78. The maximum atomic E-state index is 12.3. The minimum absolute atomic E-state index is 0.285. The van der Waals surface area contributed by atoms with Gasteiger partial charge in [0.05, 0.1) is 0 Å². The van der Waals surface area contributed by atoms with Gasteiger partial charge in [-0.3, -0.25) is 0 Å². The first-order valence-electron chi connectivity index (χ1n) is 7.81. The second-order valence-electron chi connectivity index (χ2n) is 6.42. The molecule has 1 atom stereocenters. The number of carbonyl (C=O) groups excluding carboxylic acids is 2. The summed E-state index contributed by atoms with van der Waals surface area (Å²) in [6, 6.07) is 8.82. The van der Waals surface area contributed by atoms with Crippen LogP contribution in [-0.2, 0) is 20.0 Å². The molecular weight excluding hydrogens is 421 g/mol. The standard InChI is InChI=1S/C17H22Cl3NO4S/c1-16(2,3)25-15(23)21-13(14(22)24-11-17(18,19)20)10-26-9-12-7-5-4-6-8-12/h4-8,13H,9-11H2,1-3H3,(H,21,23)/t13-/m0/s1. The van der Waals surface area contributed by atoms with E-state index in [0.29, 0.717) is 5.75 Å². The average Bonchev–Trinajstić information content (AvgIpc) is 2.50. The Morgan fingerprint density at radius 2 is 1.77 bits per heavy atom. The molecule has 0 spiro atoms. The number of esters is 1. The van der Waals surface area contributed by atoms with E-state index in [1.165, 1.54) is 11.8 Å². The minimum atomic E-state index is -1.72. The molecule has 0 radical (unpaired) electrons. The molecule has 1 amide bonds. The van der Waals surface area contributed by atoms with Crippen LogP contribution in [0.25, 0.3) is 0 Å². The molecule has 1 rings (SSSR count). The largest absolute Gasteiger partial charge is 0.460 e. The lowest BCUT2D eigenvalue weighted by atomic mass is 10.2. The Morgan fingerprint density at radius 3 is 2.31 bits per heavy atom. The summed E-state index contributed by atoms with van der Waals surface area (Å²) in [5.74, 6) is 0.264. The van der Waals surface area contributed by atoms with Gasteiger partial charge in [-0.1, -0.05) is 65.1 Å². The second-order valence-corrected chi connectivity index (χ2v) is 9.97. The van der Waals surface area contributed by atoms with E-state index in [0.717, 1.165) is 5.56 Å². The lowest BCUT2D eigenvalue weighted by molar-refractivity contribution is -0.145. The highest BCUT2D eigenvalue weighted by Gasteiger charge is 2.28. The Balaban J connectivity index is 2.64. The van der Waals surface area contributed by atoms with E-state index >= 15 is 0 Å². The molecular formula is C17H22Cl3NO4S. The van der Waals surface area contributed by atoms with Gasteiger partial charge >= 0.3 is 12.1 Å². The topological polar surface area (TPSA) is 64.6 Å². The molecule has 1 N–H and O–H groups in total. The Morgan fingerprint density at radius 1 is 1.15 bits per heavy atom. The number of nitrogens with one attached hydrogen (secondary N) is 1. The van der Waals surface area contributed by atoms with Gasteiger partial charge in [-0.2, -0.15) is 11.8 Å². The van der Waals surface area contributed by atoms with Crippen LogP contribution in [0.4, 0.5) is 4.79 Å². The van der Waals surface area contributed by atoms with Crippen molar-refractivity contribution in [1.29, 1.82) is 0 Å². The van der Waals surface area contributed by atoms with Crippen LogP contribution in [0, 0.1) is 0 Å². The number of alkyl halides is 3. The zero-order valence-corrected chi connectivity index (χ0v) is 17.8. The summed E-state index contributed by atoms with van der Waals surface area (Å²) in [7, 11) is 0. The van der Waals surface area contributed by atoms with Crippen LogP contribution in [-0.4, -0.2) is 39.9 Å². The summed E-state index contributed by atoms with van der Waals surface area (Å²) in [4.78, 5) is 24.2.